The van der Waals surface area contributed by atoms with Crippen molar-refractivity contribution in [3.05, 3.63) is 77.0 Å². The van der Waals surface area contributed by atoms with E-state index in [2.05, 4.69) is 10.6 Å². The third kappa shape index (κ3) is 4.13. The van der Waals surface area contributed by atoms with Crippen LogP contribution in [0.1, 0.15) is 24.1 Å². The third-order valence-electron chi connectivity index (χ3n) is 4.16. The van der Waals surface area contributed by atoms with Gasteiger partial charge in [0.25, 0.3) is 0 Å². The van der Waals surface area contributed by atoms with Crippen molar-refractivity contribution in [2.24, 2.45) is 0 Å². The van der Waals surface area contributed by atoms with E-state index >= 15 is 0 Å². The van der Waals surface area contributed by atoms with Crippen LogP contribution in [-0.4, -0.2) is 25.2 Å². The van der Waals surface area contributed by atoms with Gasteiger partial charge in [0.1, 0.15) is 18.4 Å². The summed E-state index contributed by atoms with van der Waals surface area (Å²) in [5, 5.41) is 14.6. The largest absolute Gasteiger partial charge is 0.486 e. The standard InChI is InChI=1S/C21H19N3O4/c1-2-27-20(25)18-16(13-28-17-11-7-6-10-15(17)12-22)23-21(26)24-19(18)14-8-4-3-5-9-14/h3-11,19H,2,13H2,1H3,(H2,23,24,26)/t19-/m1/s1. The molecule has 0 fully saturated rings. The number of benzene rings is 2. The van der Waals surface area contributed by atoms with Gasteiger partial charge in [-0.25, -0.2) is 9.59 Å². The second-order valence-corrected chi connectivity index (χ2v) is 5.95. The van der Waals surface area contributed by atoms with E-state index in [0.29, 0.717) is 17.0 Å². The summed E-state index contributed by atoms with van der Waals surface area (Å²) in [5.74, 6) is -0.180. The first-order chi connectivity index (χ1) is 13.6. The van der Waals surface area contributed by atoms with Crippen LogP contribution < -0.4 is 15.4 Å². The first-order valence-corrected chi connectivity index (χ1v) is 8.78. The number of urea groups is 1. The number of carbonyl (C=O) groups is 2. The summed E-state index contributed by atoms with van der Waals surface area (Å²) in [5.41, 5.74) is 1.67. The number of hydrogen-bond acceptors (Lipinski definition) is 5. The first-order valence-electron chi connectivity index (χ1n) is 8.78. The molecule has 0 bridgehead atoms. The smallest absolute Gasteiger partial charge is 0.338 e. The molecular weight excluding hydrogens is 358 g/mol. The lowest BCUT2D eigenvalue weighted by atomic mass is 9.95. The van der Waals surface area contributed by atoms with Crippen LogP contribution >= 0.6 is 0 Å². The Morgan fingerprint density at radius 1 is 1.14 bits per heavy atom. The highest BCUT2D eigenvalue weighted by atomic mass is 16.5. The number of nitriles is 1. The average Bonchev–Trinajstić information content (AvgIpc) is 2.72. The van der Waals surface area contributed by atoms with Gasteiger partial charge in [0.2, 0.25) is 0 Å². The van der Waals surface area contributed by atoms with Gasteiger partial charge in [-0.05, 0) is 24.6 Å². The molecule has 1 aliphatic rings. The molecule has 0 saturated carbocycles. The predicted octanol–water partition coefficient (Wildman–Crippen LogP) is 2.81. The molecule has 0 aromatic heterocycles. The van der Waals surface area contributed by atoms with E-state index < -0.39 is 18.0 Å². The summed E-state index contributed by atoms with van der Waals surface area (Å²) in [6, 6.07) is 16.8. The molecule has 0 radical (unpaired) electrons. The molecule has 2 N–H and O–H groups in total. The molecule has 28 heavy (non-hydrogen) atoms. The van der Waals surface area contributed by atoms with Crippen molar-refractivity contribution in [3.63, 3.8) is 0 Å². The Morgan fingerprint density at radius 2 is 1.86 bits per heavy atom. The molecule has 3 rings (SSSR count). The van der Waals surface area contributed by atoms with Crippen molar-refractivity contribution in [1.29, 1.82) is 5.26 Å². The number of amides is 2. The Hall–Kier alpha value is -3.79. The third-order valence-corrected chi connectivity index (χ3v) is 4.16. The highest BCUT2D eigenvalue weighted by Crippen LogP contribution is 2.28. The fourth-order valence-electron chi connectivity index (χ4n) is 2.91. The fraction of sp³-hybridized carbons (Fsp3) is 0.190. The number of nitrogens with one attached hydrogen (secondary N) is 2. The molecule has 0 unspecified atom stereocenters. The summed E-state index contributed by atoms with van der Waals surface area (Å²) in [7, 11) is 0. The van der Waals surface area contributed by atoms with Crippen LogP contribution in [0.4, 0.5) is 4.79 Å². The molecule has 2 amide bonds. The van der Waals surface area contributed by atoms with Crippen molar-refractivity contribution < 1.29 is 19.1 Å². The molecule has 1 aliphatic heterocycles. The normalized spacial score (nSPS) is 15.9. The number of esters is 1. The molecule has 1 heterocycles. The Balaban J connectivity index is 1.98. The summed E-state index contributed by atoms with van der Waals surface area (Å²) in [6.07, 6.45) is 0. The van der Waals surface area contributed by atoms with Crippen LogP contribution in [0.3, 0.4) is 0 Å². The average molecular weight is 377 g/mol. The van der Waals surface area contributed by atoms with E-state index in [1.165, 1.54) is 0 Å². The molecule has 142 valence electrons. The molecule has 2 aromatic rings. The molecule has 7 nitrogen and oxygen atoms in total. The highest BCUT2D eigenvalue weighted by molar-refractivity contribution is 5.95. The number of carbonyl (C=O) groups excluding carboxylic acids is 2. The van der Waals surface area contributed by atoms with Crippen molar-refractivity contribution in [1.82, 2.24) is 10.6 Å². The molecule has 1 atom stereocenters. The van der Waals surface area contributed by atoms with E-state index in [9.17, 15) is 14.9 Å². The zero-order chi connectivity index (χ0) is 19.9. The lowest BCUT2D eigenvalue weighted by Crippen LogP contribution is -2.47. The van der Waals surface area contributed by atoms with Gasteiger partial charge in [0, 0.05) is 0 Å². The van der Waals surface area contributed by atoms with Crippen LogP contribution in [-0.2, 0) is 9.53 Å². The van der Waals surface area contributed by atoms with Crippen molar-refractivity contribution in [2.45, 2.75) is 13.0 Å². The van der Waals surface area contributed by atoms with Crippen LogP contribution in [0.25, 0.3) is 0 Å². The summed E-state index contributed by atoms with van der Waals surface area (Å²) >= 11 is 0. The molecular formula is C21H19N3O4. The zero-order valence-corrected chi connectivity index (χ0v) is 15.3. The van der Waals surface area contributed by atoms with Gasteiger partial charge in [-0.1, -0.05) is 42.5 Å². The second-order valence-electron chi connectivity index (χ2n) is 5.95. The van der Waals surface area contributed by atoms with Crippen LogP contribution in [0.15, 0.2) is 65.9 Å². The van der Waals surface area contributed by atoms with Crippen LogP contribution in [0.2, 0.25) is 0 Å². The summed E-state index contributed by atoms with van der Waals surface area (Å²) in [4.78, 5) is 24.9. The van der Waals surface area contributed by atoms with Gasteiger partial charge in [-0.15, -0.1) is 0 Å². The highest BCUT2D eigenvalue weighted by Gasteiger charge is 2.33. The van der Waals surface area contributed by atoms with Crippen molar-refractivity contribution >= 4 is 12.0 Å². The van der Waals surface area contributed by atoms with Crippen LogP contribution in [0, 0.1) is 11.3 Å². The SMILES string of the molecule is CCOC(=O)C1=C(COc2ccccc2C#N)NC(=O)N[C@@H]1c1ccccc1. The van der Waals surface area contributed by atoms with Gasteiger partial charge >= 0.3 is 12.0 Å². The molecule has 0 saturated heterocycles. The molecule has 7 heteroatoms. The second kappa shape index (κ2) is 8.73. The number of ether oxygens (including phenoxy) is 2. The summed E-state index contributed by atoms with van der Waals surface area (Å²) in [6.45, 7) is 1.82. The number of hydrogen-bond donors (Lipinski definition) is 2. The summed E-state index contributed by atoms with van der Waals surface area (Å²) < 4.78 is 10.9. The van der Waals surface area contributed by atoms with Gasteiger partial charge in [0.05, 0.1) is 29.5 Å². The maximum absolute atomic E-state index is 12.7. The fourth-order valence-corrected chi connectivity index (χ4v) is 2.91. The predicted molar refractivity (Wildman–Crippen MR) is 101 cm³/mol. The van der Waals surface area contributed by atoms with E-state index in [0.717, 1.165) is 5.56 Å². The number of nitrogens with zero attached hydrogens (tertiary/aromatic N) is 1. The van der Waals surface area contributed by atoms with Crippen LogP contribution in [0.5, 0.6) is 5.75 Å². The topological polar surface area (TPSA) is 100 Å². The number of para-hydroxylation sites is 1. The van der Waals surface area contributed by atoms with Gasteiger partial charge in [-0.2, -0.15) is 5.26 Å². The van der Waals surface area contributed by atoms with E-state index in [1.807, 2.05) is 36.4 Å². The van der Waals surface area contributed by atoms with Crippen molar-refractivity contribution in [3.8, 4) is 11.8 Å². The van der Waals surface area contributed by atoms with Gasteiger partial charge in [-0.3, -0.25) is 0 Å². The number of rotatable bonds is 6. The lowest BCUT2D eigenvalue weighted by molar-refractivity contribution is -0.139. The lowest BCUT2D eigenvalue weighted by Gasteiger charge is -2.29. The van der Waals surface area contributed by atoms with E-state index in [4.69, 9.17) is 9.47 Å². The minimum atomic E-state index is -0.668. The maximum atomic E-state index is 12.7. The monoisotopic (exact) mass is 377 g/mol. The maximum Gasteiger partial charge on any atom is 0.338 e. The zero-order valence-electron chi connectivity index (χ0n) is 15.3. The van der Waals surface area contributed by atoms with Crippen molar-refractivity contribution in [2.75, 3.05) is 13.2 Å². The minimum Gasteiger partial charge on any atom is -0.486 e. The molecule has 0 aliphatic carbocycles. The molecule has 2 aromatic carbocycles. The Kier molecular flexibility index (Phi) is 5.92. The Labute approximate surface area is 162 Å². The van der Waals surface area contributed by atoms with Gasteiger partial charge in [0.15, 0.2) is 0 Å². The molecule has 0 spiro atoms. The van der Waals surface area contributed by atoms with E-state index in [1.54, 1.807) is 31.2 Å². The Bertz CT molecular complexity index is 948. The minimum absolute atomic E-state index is 0.0937. The van der Waals surface area contributed by atoms with E-state index in [-0.39, 0.29) is 18.8 Å². The Morgan fingerprint density at radius 3 is 2.57 bits per heavy atom. The van der Waals surface area contributed by atoms with Gasteiger partial charge < -0.3 is 20.1 Å². The quantitative estimate of drug-likeness (QED) is 0.754. The first kappa shape index (κ1) is 19.0.